The van der Waals surface area contributed by atoms with Gasteiger partial charge in [-0.1, -0.05) is 29.8 Å². The molecule has 0 fully saturated rings. The van der Waals surface area contributed by atoms with Gasteiger partial charge in [0.25, 0.3) is 5.56 Å². The predicted molar refractivity (Wildman–Crippen MR) is 91.6 cm³/mol. The van der Waals surface area contributed by atoms with Crippen molar-refractivity contribution in [3.05, 3.63) is 61.5 Å². The van der Waals surface area contributed by atoms with Gasteiger partial charge in [-0.15, -0.1) is 0 Å². The first-order valence-corrected chi connectivity index (χ1v) is 7.34. The molecule has 3 aromatic rings. The monoisotopic (exact) mass is 330 g/mol. The van der Waals surface area contributed by atoms with E-state index in [-0.39, 0.29) is 11.2 Å². The number of rotatable bonds is 2. The smallest absolute Gasteiger partial charge is 0.313 e. The van der Waals surface area contributed by atoms with Gasteiger partial charge in [-0.05, 0) is 23.8 Å². The van der Waals surface area contributed by atoms with Gasteiger partial charge in [-0.3, -0.25) is 13.9 Å². The number of fused-ring (bicyclic) bond motifs is 1. The highest BCUT2D eigenvalue weighted by atomic mass is 35.5. The van der Waals surface area contributed by atoms with Crippen molar-refractivity contribution in [3.63, 3.8) is 0 Å². The first kappa shape index (κ1) is 15.3. The third-order valence-corrected chi connectivity index (χ3v) is 4.01. The summed E-state index contributed by atoms with van der Waals surface area (Å²) >= 11 is 5.96. The third kappa shape index (κ3) is 2.51. The zero-order valence-corrected chi connectivity index (χ0v) is 13.7. The fourth-order valence-electron chi connectivity index (χ4n) is 2.53. The van der Waals surface area contributed by atoms with Crippen LogP contribution in [0.4, 0.5) is 0 Å². The number of nitrogens with zero attached hydrogens (tertiary/aromatic N) is 4. The molecule has 0 aliphatic carbocycles. The van der Waals surface area contributed by atoms with Crippen LogP contribution in [0.15, 0.2) is 33.9 Å². The van der Waals surface area contributed by atoms with Crippen LogP contribution >= 0.6 is 11.6 Å². The topological polar surface area (TPSA) is 61.8 Å². The van der Waals surface area contributed by atoms with Gasteiger partial charge in [0, 0.05) is 26.2 Å². The van der Waals surface area contributed by atoms with E-state index in [1.165, 1.54) is 11.6 Å². The maximum absolute atomic E-state index is 12.2. The first-order chi connectivity index (χ1) is 10.9. The number of hydrogen-bond donors (Lipinski definition) is 0. The van der Waals surface area contributed by atoms with Crippen LogP contribution in [0, 0.1) is 0 Å². The minimum Gasteiger partial charge on any atom is -0.313 e. The molecule has 0 N–H and O–H groups in total. The molecule has 0 saturated heterocycles. The highest BCUT2D eigenvalue weighted by molar-refractivity contribution is 6.30. The van der Waals surface area contributed by atoms with Gasteiger partial charge in [0.2, 0.25) is 0 Å². The summed E-state index contributed by atoms with van der Waals surface area (Å²) in [6.45, 7) is 0. The van der Waals surface area contributed by atoms with E-state index in [1.807, 2.05) is 24.3 Å². The van der Waals surface area contributed by atoms with E-state index < -0.39 is 5.56 Å². The lowest BCUT2D eigenvalue weighted by molar-refractivity contribution is 0.697. The quantitative estimate of drug-likeness (QED) is 0.719. The summed E-state index contributed by atoms with van der Waals surface area (Å²) in [6.07, 6.45) is 3.64. The Bertz CT molecular complexity index is 1060. The molecular formula is C16H15ClN4O2. The summed E-state index contributed by atoms with van der Waals surface area (Å²) in [6, 6.07) is 7.40. The Balaban J connectivity index is 2.19. The Morgan fingerprint density at radius 2 is 1.78 bits per heavy atom. The first-order valence-electron chi connectivity index (χ1n) is 6.96. The fourth-order valence-corrected chi connectivity index (χ4v) is 2.72. The van der Waals surface area contributed by atoms with E-state index in [4.69, 9.17) is 11.6 Å². The molecular weight excluding hydrogens is 316 g/mol. The molecule has 7 heteroatoms. The maximum atomic E-state index is 12.2. The van der Waals surface area contributed by atoms with Crippen LogP contribution in [0.25, 0.3) is 23.3 Å². The highest BCUT2D eigenvalue weighted by Gasteiger charge is 2.15. The lowest BCUT2D eigenvalue weighted by Crippen LogP contribution is -2.37. The van der Waals surface area contributed by atoms with Gasteiger partial charge in [0.1, 0.15) is 11.5 Å². The normalized spacial score (nSPS) is 11.7. The van der Waals surface area contributed by atoms with Gasteiger partial charge in [-0.2, -0.15) is 0 Å². The van der Waals surface area contributed by atoms with Gasteiger partial charge in [-0.25, -0.2) is 9.78 Å². The average Bonchev–Trinajstić information content (AvgIpc) is 2.86. The van der Waals surface area contributed by atoms with Crippen LogP contribution in [0.3, 0.4) is 0 Å². The average molecular weight is 331 g/mol. The molecule has 2 heterocycles. The Hall–Kier alpha value is -2.60. The summed E-state index contributed by atoms with van der Waals surface area (Å²) in [5.74, 6) is 0.582. The minimum atomic E-state index is -0.402. The largest absolute Gasteiger partial charge is 0.332 e. The van der Waals surface area contributed by atoms with Crippen molar-refractivity contribution in [1.29, 1.82) is 0 Å². The summed E-state index contributed by atoms with van der Waals surface area (Å²) in [4.78, 5) is 28.6. The number of aryl methyl sites for hydroxylation is 2. The van der Waals surface area contributed by atoms with Crippen molar-refractivity contribution in [2.45, 2.75) is 0 Å². The molecule has 0 saturated carbocycles. The molecule has 0 unspecified atom stereocenters. The summed E-state index contributed by atoms with van der Waals surface area (Å²) in [7, 11) is 4.84. The molecule has 3 rings (SSSR count). The van der Waals surface area contributed by atoms with Crippen molar-refractivity contribution in [3.8, 4) is 0 Å². The predicted octanol–water partition coefficient (Wildman–Crippen LogP) is 1.79. The Morgan fingerprint density at radius 1 is 1.04 bits per heavy atom. The molecule has 0 spiro atoms. The molecule has 0 aliphatic heterocycles. The van der Waals surface area contributed by atoms with Gasteiger partial charge in [0.05, 0.1) is 0 Å². The summed E-state index contributed by atoms with van der Waals surface area (Å²) < 4.78 is 4.19. The lowest BCUT2D eigenvalue weighted by Gasteiger charge is -2.05. The third-order valence-electron chi connectivity index (χ3n) is 3.77. The SMILES string of the molecule is Cn1c(=O)c2nc(/C=C/c3cccc(Cl)c3)n(C)c2n(C)c1=O. The maximum Gasteiger partial charge on any atom is 0.332 e. The second kappa shape index (κ2) is 5.55. The standard InChI is InChI=1S/C16H15ClN4O2/c1-19-12(8-7-10-5-4-6-11(17)9-10)18-13-14(19)20(2)16(23)21(3)15(13)22/h4-9H,1-3H3/b8-7+. The van der Waals surface area contributed by atoms with E-state index in [2.05, 4.69) is 4.98 Å². The Kier molecular flexibility index (Phi) is 3.69. The minimum absolute atomic E-state index is 0.267. The van der Waals surface area contributed by atoms with Crippen LogP contribution < -0.4 is 11.2 Å². The number of aromatic nitrogens is 4. The van der Waals surface area contributed by atoms with Crippen molar-refractivity contribution in [2.24, 2.45) is 21.1 Å². The molecule has 0 radical (unpaired) electrons. The van der Waals surface area contributed by atoms with Crippen LogP contribution in [0.5, 0.6) is 0 Å². The van der Waals surface area contributed by atoms with E-state index in [0.717, 1.165) is 10.1 Å². The molecule has 2 aromatic heterocycles. The van der Waals surface area contributed by atoms with E-state index in [9.17, 15) is 9.59 Å². The van der Waals surface area contributed by atoms with Crippen molar-refractivity contribution in [1.82, 2.24) is 18.7 Å². The van der Waals surface area contributed by atoms with Crippen molar-refractivity contribution in [2.75, 3.05) is 0 Å². The number of imidazole rings is 1. The van der Waals surface area contributed by atoms with Crippen molar-refractivity contribution >= 4 is 34.9 Å². The Labute approximate surface area is 136 Å². The molecule has 0 aliphatic rings. The number of hydrogen-bond acceptors (Lipinski definition) is 3. The summed E-state index contributed by atoms with van der Waals surface area (Å²) in [5.41, 5.74) is 0.898. The zero-order valence-electron chi connectivity index (χ0n) is 12.9. The van der Waals surface area contributed by atoms with E-state index in [0.29, 0.717) is 16.5 Å². The highest BCUT2D eigenvalue weighted by Crippen LogP contribution is 2.15. The molecule has 118 valence electrons. The molecule has 0 amide bonds. The van der Waals surface area contributed by atoms with E-state index >= 15 is 0 Å². The molecule has 0 atom stereocenters. The summed E-state index contributed by atoms with van der Waals surface area (Å²) in [5, 5.41) is 0.647. The number of halogens is 1. The lowest BCUT2D eigenvalue weighted by atomic mass is 10.2. The Morgan fingerprint density at radius 3 is 2.48 bits per heavy atom. The molecule has 23 heavy (non-hydrogen) atoms. The van der Waals surface area contributed by atoms with Gasteiger partial charge < -0.3 is 4.57 Å². The van der Waals surface area contributed by atoms with E-state index in [1.54, 1.807) is 30.8 Å². The van der Waals surface area contributed by atoms with Gasteiger partial charge >= 0.3 is 5.69 Å². The van der Waals surface area contributed by atoms with Crippen LogP contribution in [0.1, 0.15) is 11.4 Å². The second-order valence-electron chi connectivity index (χ2n) is 5.30. The van der Waals surface area contributed by atoms with Crippen molar-refractivity contribution < 1.29 is 0 Å². The van der Waals surface area contributed by atoms with Crippen LogP contribution in [0.2, 0.25) is 5.02 Å². The molecule has 0 bridgehead atoms. The second-order valence-corrected chi connectivity index (χ2v) is 5.73. The zero-order chi connectivity index (χ0) is 16.7. The molecule has 6 nitrogen and oxygen atoms in total. The van der Waals surface area contributed by atoms with Gasteiger partial charge in [0.15, 0.2) is 5.52 Å². The fraction of sp³-hybridized carbons (Fsp3) is 0.188. The molecule has 1 aromatic carbocycles. The van der Waals surface area contributed by atoms with Crippen LogP contribution in [-0.2, 0) is 21.1 Å². The number of benzene rings is 1. The van der Waals surface area contributed by atoms with Crippen LogP contribution in [-0.4, -0.2) is 18.7 Å².